The summed E-state index contributed by atoms with van der Waals surface area (Å²) in [4.78, 5) is 0. The predicted octanol–water partition coefficient (Wildman–Crippen LogP) is 0.890. The number of nitrogens with one attached hydrogen (secondary N) is 1. The molecule has 0 aromatic rings. The first-order valence-electron chi connectivity index (χ1n) is 4.87. The van der Waals surface area contributed by atoms with E-state index in [0.29, 0.717) is 12.2 Å². The lowest BCUT2D eigenvalue weighted by Gasteiger charge is -2.27. The van der Waals surface area contributed by atoms with Crippen molar-refractivity contribution < 1.29 is 9.47 Å². The molecule has 2 rings (SSSR count). The minimum atomic E-state index is 0.153. The van der Waals surface area contributed by atoms with Gasteiger partial charge in [-0.2, -0.15) is 0 Å². The fourth-order valence-electron chi connectivity index (χ4n) is 1.85. The molecule has 0 spiro atoms. The molecule has 70 valence electrons. The van der Waals surface area contributed by atoms with Crippen molar-refractivity contribution in [3.05, 3.63) is 0 Å². The van der Waals surface area contributed by atoms with Gasteiger partial charge in [0, 0.05) is 13.2 Å². The molecule has 0 radical (unpaired) electrons. The van der Waals surface area contributed by atoms with E-state index < -0.39 is 0 Å². The first-order valence-corrected chi connectivity index (χ1v) is 4.87. The molecule has 2 aliphatic rings. The van der Waals surface area contributed by atoms with E-state index in [-0.39, 0.29) is 6.23 Å². The summed E-state index contributed by atoms with van der Waals surface area (Å²) in [5.41, 5.74) is 0. The lowest BCUT2D eigenvalue weighted by atomic mass is 10.1. The number of hydrogen-bond acceptors (Lipinski definition) is 3. The lowest BCUT2D eigenvalue weighted by Crippen LogP contribution is -2.39. The minimum absolute atomic E-state index is 0.153. The Labute approximate surface area is 73.4 Å². The van der Waals surface area contributed by atoms with Crippen molar-refractivity contribution in [2.45, 2.75) is 44.6 Å². The van der Waals surface area contributed by atoms with E-state index in [1.165, 1.54) is 12.8 Å². The maximum absolute atomic E-state index is 5.66. The molecule has 12 heavy (non-hydrogen) atoms. The van der Waals surface area contributed by atoms with E-state index in [1.807, 2.05) is 0 Å². The summed E-state index contributed by atoms with van der Waals surface area (Å²) in [5, 5.41) is 3.33. The van der Waals surface area contributed by atoms with Crippen LogP contribution in [0.2, 0.25) is 0 Å². The van der Waals surface area contributed by atoms with E-state index in [2.05, 4.69) is 12.2 Å². The number of hydrogen-bond donors (Lipinski definition) is 1. The van der Waals surface area contributed by atoms with Crippen molar-refractivity contribution in [3.8, 4) is 0 Å². The standard InChI is InChI=1S/C9H17NO2/c1-7-6-10-9(12-7)8-4-2-3-5-11-8/h7-10H,2-6H2,1H3. The topological polar surface area (TPSA) is 30.5 Å². The third-order valence-electron chi connectivity index (χ3n) is 2.54. The highest BCUT2D eigenvalue weighted by molar-refractivity contribution is 4.78. The largest absolute Gasteiger partial charge is 0.374 e. The molecular weight excluding hydrogens is 154 g/mol. The van der Waals surface area contributed by atoms with Crippen LogP contribution in [0.25, 0.3) is 0 Å². The molecule has 3 atom stereocenters. The molecule has 2 heterocycles. The maximum atomic E-state index is 5.66. The summed E-state index contributed by atoms with van der Waals surface area (Å²) in [6.45, 7) is 3.96. The molecule has 2 saturated heterocycles. The Hall–Kier alpha value is -0.120. The zero-order valence-electron chi connectivity index (χ0n) is 7.58. The van der Waals surface area contributed by atoms with Crippen molar-refractivity contribution >= 4 is 0 Å². The molecule has 2 fully saturated rings. The van der Waals surface area contributed by atoms with Gasteiger partial charge >= 0.3 is 0 Å². The Morgan fingerprint density at radius 2 is 2.25 bits per heavy atom. The summed E-state index contributed by atoms with van der Waals surface area (Å²) < 4.78 is 11.3. The summed E-state index contributed by atoms with van der Waals surface area (Å²) >= 11 is 0. The van der Waals surface area contributed by atoms with E-state index in [4.69, 9.17) is 9.47 Å². The number of rotatable bonds is 1. The average molecular weight is 171 g/mol. The van der Waals surface area contributed by atoms with E-state index in [9.17, 15) is 0 Å². The first kappa shape index (κ1) is 8.48. The molecule has 3 heteroatoms. The van der Waals surface area contributed by atoms with Crippen molar-refractivity contribution in [3.63, 3.8) is 0 Å². The fourth-order valence-corrected chi connectivity index (χ4v) is 1.85. The van der Waals surface area contributed by atoms with Crippen LogP contribution in [-0.2, 0) is 9.47 Å². The van der Waals surface area contributed by atoms with Crippen molar-refractivity contribution in [2.75, 3.05) is 13.2 Å². The second-order valence-corrected chi connectivity index (χ2v) is 3.68. The third kappa shape index (κ3) is 1.79. The van der Waals surface area contributed by atoms with Gasteiger partial charge in [0.05, 0.1) is 12.2 Å². The molecule has 3 unspecified atom stereocenters. The highest BCUT2D eigenvalue weighted by Gasteiger charge is 2.30. The summed E-state index contributed by atoms with van der Waals surface area (Å²) in [6.07, 6.45) is 4.42. The highest BCUT2D eigenvalue weighted by atomic mass is 16.6. The van der Waals surface area contributed by atoms with Crippen LogP contribution in [0.5, 0.6) is 0 Å². The summed E-state index contributed by atoms with van der Waals surface area (Å²) in [7, 11) is 0. The van der Waals surface area contributed by atoms with Gasteiger partial charge in [0.15, 0.2) is 0 Å². The van der Waals surface area contributed by atoms with Gasteiger partial charge < -0.3 is 9.47 Å². The molecule has 0 aromatic heterocycles. The first-order chi connectivity index (χ1) is 5.86. The quantitative estimate of drug-likeness (QED) is 0.635. The van der Waals surface area contributed by atoms with Gasteiger partial charge in [-0.05, 0) is 26.2 Å². The third-order valence-corrected chi connectivity index (χ3v) is 2.54. The molecule has 0 bridgehead atoms. The lowest BCUT2D eigenvalue weighted by molar-refractivity contribution is -0.0900. The molecule has 3 nitrogen and oxygen atoms in total. The second-order valence-electron chi connectivity index (χ2n) is 3.68. The van der Waals surface area contributed by atoms with Gasteiger partial charge in [-0.15, -0.1) is 0 Å². The number of ether oxygens (including phenoxy) is 2. The second kappa shape index (κ2) is 3.73. The van der Waals surface area contributed by atoms with Gasteiger partial charge in [-0.25, -0.2) is 0 Å². The van der Waals surface area contributed by atoms with E-state index in [0.717, 1.165) is 19.6 Å². The minimum Gasteiger partial charge on any atom is -0.374 e. The molecule has 0 aromatic carbocycles. The van der Waals surface area contributed by atoms with Crippen molar-refractivity contribution in [1.82, 2.24) is 5.32 Å². The van der Waals surface area contributed by atoms with Gasteiger partial charge in [-0.3, -0.25) is 5.32 Å². The maximum Gasteiger partial charge on any atom is 0.135 e. The average Bonchev–Trinajstić information content (AvgIpc) is 2.54. The SMILES string of the molecule is CC1CNC(C2CCCCO2)O1. The Morgan fingerprint density at radius 1 is 1.33 bits per heavy atom. The van der Waals surface area contributed by atoms with E-state index in [1.54, 1.807) is 0 Å². The Bertz CT molecular complexity index is 143. The normalized spacial score (nSPS) is 43.2. The predicted molar refractivity (Wildman–Crippen MR) is 45.9 cm³/mol. The van der Waals surface area contributed by atoms with Gasteiger partial charge in [-0.1, -0.05) is 0 Å². The van der Waals surface area contributed by atoms with Gasteiger partial charge in [0.25, 0.3) is 0 Å². The van der Waals surface area contributed by atoms with Gasteiger partial charge in [0.1, 0.15) is 6.23 Å². The molecule has 0 amide bonds. The zero-order chi connectivity index (χ0) is 8.39. The van der Waals surface area contributed by atoms with E-state index >= 15 is 0 Å². The van der Waals surface area contributed by atoms with Crippen molar-refractivity contribution in [1.29, 1.82) is 0 Å². The summed E-state index contributed by atoms with van der Waals surface area (Å²) in [5.74, 6) is 0. The molecule has 2 aliphatic heterocycles. The van der Waals surface area contributed by atoms with Crippen LogP contribution in [0.4, 0.5) is 0 Å². The highest BCUT2D eigenvalue weighted by Crippen LogP contribution is 2.19. The Kier molecular flexibility index (Phi) is 2.63. The molecule has 0 saturated carbocycles. The Balaban J connectivity index is 1.83. The van der Waals surface area contributed by atoms with Crippen molar-refractivity contribution in [2.24, 2.45) is 0 Å². The molecule has 1 N–H and O–H groups in total. The van der Waals surface area contributed by atoms with Crippen LogP contribution >= 0.6 is 0 Å². The summed E-state index contributed by atoms with van der Waals surface area (Å²) in [6, 6.07) is 0. The van der Waals surface area contributed by atoms with Crippen LogP contribution in [0.15, 0.2) is 0 Å². The molecular formula is C9H17NO2. The van der Waals surface area contributed by atoms with Crippen LogP contribution in [-0.4, -0.2) is 31.6 Å². The van der Waals surface area contributed by atoms with Crippen LogP contribution < -0.4 is 5.32 Å². The Morgan fingerprint density at radius 3 is 2.83 bits per heavy atom. The monoisotopic (exact) mass is 171 g/mol. The van der Waals surface area contributed by atoms with Crippen LogP contribution in [0.1, 0.15) is 26.2 Å². The smallest absolute Gasteiger partial charge is 0.135 e. The van der Waals surface area contributed by atoms with Crippen LogP contribution in [0.3, 0.4) is 0 Å². The zero-order valence-corrected chi connectivity index (χ0v) is 7.58. The van der Waals surface area contributed by atoms with Gasteiger partial charge in [0.2, 0.25) is 0 Å². The van der Waals surface area contributed by atoms with Crippen LogP contribution in [0, 0.1) is 0 Å². The fraction of sp³-hybridized carbons (Fsp3) is 1.00. The molecule has 0 aliphatic carbocycles.